The van der Waals surface area contributed by atoms with Crippen LogP contribution in [0.25, 0.3) is 10.2 Å². The zero-order chi connectivity index (χ0) is 13.3. The van der Waals surface area contributed by atoms with Crippen molar-refractivity contribution < 1.29 is 9.18 Å². The maximum Gasteiger partial charge on any atom is 0.239 e. The van der Waals surface area contributed by atoms with Crippen molar-refractivity contribution in [3.8, 4) is 0 Å². The van der Waals surface area contributed by atoms with Gasteiger partial charge in [-0.2, -0.15) is 0 Å². The van der Waals surface area contributed by atoms with Crippen LogP contribution in [-0.2, 0) is 4.79 Å². The Morgan fingerprint density at radius 2 is 2.33 bits per heavy atom. The van der Waals surface area contributed by atoms with Crippen molar-refractivity contribution in [1.29, 1.82) is 0 Å². The maximum absolute atomic E-state index is 13.2. The van der Waals surface area contributed by atoms with Crippen molar-refractivity contribution in [3.05, 3.63) is 22.4 Å². The molecule has 0 aliphatic rings. The number of nitrogens with one attached hydrogen (secondary N) is 1. The van der Waals surface area contributed by atoms with Crippen LogP contribution in [0.5, 0.6) is 0 Å². The van der Waals surface area contributed by atoms with E-state index in [0.717, 1.165) is 0 Å². The first-order chi connectivity index (χ1) is 8.51. The van der Waals surface area contributed by atoms with Crippen LogP contribution in [0.1, 0.15) is 13.3 Å². The molecule has 0 bridgehead atoms. The van der Waals surface area contributed by atoms with E-state index >= 15 is 0 Å². The monoisotopic (exact) mass is 394 g/mol. The van der Waals surface area contributed by atoms with E-state index in [1.807, 2.05) is 6.92 Å². The first-order valence-electron chi connectivity index (χ1n) is 5.21. The third-order valence-corrected chi connectivity index (χ3v) is 4.87. The summed E-state index contributed by atoms with van der Waals surface area (Å²) in [5.74, 6) is -0.476. The number of hydrogen-bond acceptors (Lipinski definition) is 3. The zero-order valence-corrected chi connectivity index (χ0v) is 13.3. The highest BCUT2D eigenvalue weighted by molar-refractivity contribution is 9.10. The number of amides is 1. The molecule has 1 atom stereocenters. The van der Waals surface area contributed by atoms with Crippen molar-refractivity contribution in [1.82, 2.24) is 4.98 Å². The molecule has 1 heterocycles. The van der Waals surface area contributed by atoms with E-state index in [4.69, 9.17) is 0 Å². The molecule has 0 saturated heterocycles. The quantitative estimate of drug-likeness (QED) is 0.786. The Bertz CT molecular complexity index is 602. The first-order valence-corrected chi connectivity index (χ1v) is 7.74. The molecule has 0 fully saturated rings. The van der Waals surface area contributed by atoms with Crippen LogP contribution in [0.3, 0.4) is 0 Å². The number of fused-ring (bicyclic) bond motifs is 1. The molecule has 2 rings (SSSR count). The highest BCUT2D eigenvalue weighted by atomic mass is 79.9. The Morgan fingerprint density at radius 3 is 3.00 bits per heavy atom. The number of carbonyl (C=O) groups excluding carboxylic acids is 1. The van der Waals surface area contributed by atoms with Gasteiger partial charge in [-0.15, -0.1) is 0 Å². The number of anilines is 1. The lowest BCUT2D eigenvalue weighted by atomic mass is 10.3. The molecular formula is C11H9Br2FN2OS. The van der Waals surface area contributed by atoms with E-state index in [1.54, 1.807) is 0 Å². The van der Waals surface area contributed by atoms with Gasteiger partial charge in [-0.1, -0.05) is 34.2 Å². The Labute approximate surface area is 124 Å². The molecule has 0 radical (unpaired) electrons. The molecule has 1 aromatic heterocycles. The van der Waals surface area contributed by atoms with E-state index in [-0.39, 0.29) is 16.6 Å². The minimum absolute atomic E-state index is 0.145. The number of hydrogen-bond donors (Lipinski definition) is 1. The number of carbonyl (C=O) groups is 1. The molecule has 0 aliphatic carbocycles. The molecule has 7 heteroatoms. The van der Waals surface area contributed by atoms with E-state index in [1.165, 1.54) is 23.5 Å². The Hall–Kier alpha value is -0.530. The van der Waals surface area contributed by atoms with Gasteiger partial charge in [0, 0.05) is 4.47 Å². The summed E-state index contributed by atoms with van der Waals surface area (Å²) < 4.78 is 14.5. The number of aromatic nitrogens is 1. The number of alkyl halides is 1. The highest BCUT2D eigenvalue weighted by Crippen LogP contribution is 2.32. The molecule has 1 N–H and O–H groups in total. The fraction of sp³-hybridized carbons (Fsp3) is 0.273. The highest BCUT2D eigenvalue weighted by Gasteiger charge is 2.15. The molecule has 1 amide bonds. The summed E-state index contributed by atoms with van der Waals surface area (Å²) >= 11 is 7.77. The van der Waals surface area contributed by atoms with Gasteiger partial charge in [0.15, 0.2) is 5.13 Å². The number of benzene rings is 1. The van der Waals surface area contributed by atoms with E-state index < -0.39 is 0 Å². The SMILES string of the molecule is CC[C@H](Br)C(=O)Nc1nc2c(Br)cc(F)cc2s1. The summed E-state index contributed by atoms with van der Waals surface area (Å²) in [4.78, 5) is 15.7. The Kier molecular flexibility index (Phi) is 4.34. The molecule has 18 heavy (non-hydrogen) atoms. The molecule has 0 unspecified atom stereocenters. The van der Waals surface area contributed by atoms with Gasteiger partial charge in [-0.25, -0.2) is 9.37 Å². The second-order valence-corrected chi connectivity index (χ2v) is 6.61. The lowest BCUT2D eigenvalue weighted by Gasteiger charge is -2.04. The number of rotatable bonds is 3. The van der Waals surface area contributed by atoms with E-state index in [2.05, 4.69) is 42.2 Å². The second-order valence-electron chi connectivity index (χ2n) is 3.62. The first kappa shape index (κ1) is 13.9. The van der Waals surface area contributed by atoms with Crippen LogP contribution >= 0.6 is 43.2 Å². The minimum atomic E-state index is -0.331. The van der Waals surface area contributed by atoms with Crippen molar-refractivity contribution >= 4 is 64.5 Å². The van der Waals surface area contributed by atoms with Crippen molar-refractivity contribution in [3.63, 3.8) is 0 Å². The zero-order valence-electron chi connectivity index (χ0n) is 9.34. The fourth-order valence-electron chi connectivity index (χ4n) is 1.38. The van der Waals surface area contributed by atoms with Gasteiger partial charge in [0.05, 0.1) is 15.0 Å². The molecule has 3 nitrogen and oxygen atoms in total. The predicted molar refractivity (Wildman–Crippen MR) is 78.9 cm³/mol. The molecule has 0 aliphatic heterocycles. The molecule has 0 saturated carbocycles. The van der Waals surface area contributed by atoms with E-state index in [9.17, 15) is 9.18 Å². The summed E-state index contributed by atoms with van der Waals surface area (Å²) in [5, 5.41) is 3.18. The van der Waals surface area contributed by atoms with Crippen molar-refractivity contribution in [2.24, 2.45) is 0 Å². The van der Waals surface area contributed by atoms with Crippen LogP contribution in [0.15, 0.2) is 16.6 Å². The molecule has 96 valence electrons. The van der Waals surface area contributed by atoms with Crippen LogP contribution in [-0.4, -0.2) is 15.7 Å². The number of halogens is 3. The summed E-state index contributed by atoms with van der Waals surface area (Å²) in [6, 6.07) is 2.76. The fourth-order valence-corrected chi connectivity index (χ4v) is 3.07. The minimum Gasteiger partial charge on any atom is -0.301 e. The molecule has 1 aromatic carbocycles. The third kappa shape index (κ3) is 2.89. The summed E-state index contributed by atoms with van der Waals surface area (Å²) in [7, 11) is 0. The summed E-state index contributed by atoms with van der Waals surface area (Å²) in [6.07, 6.45) is 0.690. The van der Waals surface area contributed by atoms with Gasteiger partial charge >= 0.3 is 0 Å². The lowest BCUT2D eigenvalue weighted by Crippen LogP contribution is -2.21. The van der Waals surface area contributed by atoms with Crippen LogP contribution in [0, 0.1) is 5.82 Å². The van der Waals surface area contributed by atoms with E-state index in [0.29, 0.717) is 26.2 Å². The van der Waals surface area contributed by atoms with Crippen LogP contribution in [0.2, 0.25) is 0 Å². The van der Waals surface area contributed by atoms with Gasteiger partial charge in [-0.3, -0.25) is 4.79 Å². The van der Waals surface area contributed by atoms with Crippen LogP contribution < -0.4 is 5.32 Å². The smallest absolute Gasteiger partial charge is 0.239 e. The Morgan fingerprint density at radius 1 is 1.61 bits per heavy atom. The van der Waals surface area contributed by atoms with Gasteiger partial charge in [0.25, 0.3) is 0 Å². The topological polar surface area (TPSA) is 42.0 Å². The summed E-state index contributed by atoms with van der Waals surface area (Å²) in [6.45, 7) is 1.91. The van der Waals surface area contributed by atoms with Crippen molar-refractivity contribution in [2.45, 2.75) is 18.2 Å². The van der Waals surface area contributed by atoms with Gasteiger partial charge in [0.2, 0.25) is 5.91 Å². The molecule has 2 aromatic rings. The number of nitrogens with zero attached hydrogens (tertiary/aromatic N) is 1. The summed E-state index contributed by atoms with van der Waals surface area (Å²) in [5.41, 5.74) is 0.652. The third-order valence-electron chi connectivity index (χ3n) is 2.29. The number of thiazole rings is 1. The van der Waals surface area contributed by atoms with Crippen molar-refractivity contribution in [2.75, 3.05) is 5.32 Å². The van der Waals surface area contributed by atoms with Gasteiger partial charge in [0.1, 0.15) is 5.82 Å². The van der Waals surface area contributed by atoms with Crippen LogP contribution in [0.4, 0.5) is 9.52 Å². The largest absolute Gasteiger partial charge is 0.301 e. The Balaban J connectivity index is 2.31. The predicted octanol–water partition coefficient (Wildman–Crippen LogP) is 4.31. The maximum atomic E-state index is 13.2. The standard InChI is InChI=1S/C11H9Br2FN2OS/c1-2-6(12)10(17)16-11-15-9-7(13)3-5(14)4-8(9)18-11/h3-4,6H,2H2,1H3,(H,15,16,17)/t6-/m0/s1. The normalized spacial score (nSPS) is 12.7. The van der Waals surface area contributed by atoms with Gasteiger partial charge in [-0.05, 0) is 34.5 Å². The lowest BCUT2D eigenvalue weighted by molar-refractivity contribution is -0.115. The average molecular weight is 396 g/mol. The van der Waals surface area contributed by atoms with Gasteiger partial charge < -0.3 is 5.32 Å². The molecule has 0 spiro atoms. The average Bonchev–Trinajstić information content (AvgIpc) is 2.70. The second kappa shape index (κ2) is 5.63. The molecular weight excluding hydrogens is 387 g/mol.